The van der Waals surface area contributed by atoms with Crippen molar-refractivity contribution in [3.63, 3.8) is 0 Å². The van der Waals surface area contributed by atoms with Crippen molar-refractivity contribution in [1.82, 2.24) is 4.90 Å². The number of rotatable bonds is 4. The van der Waals surface area contributed by atoms with Crippen LogP contribution in [0.2, 0.25) is 5.02 Å². The van der Waals surface area contributed by atoms with Crippen LogP contribution in [-0.4, -0.2) is 30.4 Å². The summed E-state index contributed by atoms with van der Waals surface area (Å²) in [6.45, 7) is 4.30. The smallest absolute Gasteiger partial charge is 0.340 e. The molecule has 0 fully saturated rings. The van der Waals surface area contributed by atoms with Gasteiger partial charge >= 0.3 is 5.97 Å². The van der Waals surface area contributed by atoms with Gasteiger partial charge < -0.3 is 9.64 Å². The quantitative estimate of drug-likeness (QED) is 0.631. The number of hydrogen-bond acceptors (Lipinski definition) is 3. The van der Waals surface area contributed by atoms with Crippen LogP contribution in [0.4, 0.5) is 0 Å². The molecule has 0 spiro atoms. The standard InChI is InChI=1S/C17H18ClNO3/c1-4-9-19-11(2)15(17(21)22-3)13(16(19)20)10-12-7-5-6-8-14(12)18/h5-8,10H,4,9H2,1-3H3/b13-10-. The van der Waals surface area contributed by atoms with Gasteiger partial charge in [-0.3, -0.25) is 4.79 Å². The molecule has 0 aliphatic carbocycles. The first-order valence-corrected chi connectivity index (χ1v) is 7.46. The van der Waals surface area contributed by atoms with Crippen molar-refractivity contribution in [3.8, 4) is 0 Å². The molecule has 1 aliphatic rings. The summed E-state index contributed by atoms with van der Waals surface area (Å²) in [5.41, 5.74) is 1.95. The second-order valence-electron chi connectivity index (χ2n) is 4.99. The first kappa shape index (κ1) is 16.3. The van der Waals surface area contributed by atoms with Crippen LogP contribution in [0, 0.1) is 0 Å². The molecular weight excluding hydrogens is 302 g/mol. The third-order valence-electron chi connectivity index (χ3n) is 3.55. The van der Waals surface area contributed by atoms with Crippen molar-refractivity contribution in [2.45, 2.75) is 20.3 Å². The van der Waals surface area contributed by atoms with Crippen LogP contribution >= 0.6 is 11.6 Å². The molecule has 2 rings (SSSR count). The molecule has 116 valence electrons. The van der Waals surface area contributed by atoms with E-state index in [1.165, 1.54) is 7.11 Å². The first-order valence-electron chi connectivity index (χ1n) is 7.08. The molecule has 1 amide bonds. The molecule has 1 heterocycles. The minimum absolute atomic E-state index is 0.195. The predicted octanol–water partition coefficient (Wildman–Crippen LogP) is 3.42. The Kier molecular flexibility index (Phi) is 5.03. The van der Waals surface area contributed by atoms with Crippen LogP contribution in [0.3, 0.4) is 0 Å². The van der Waals surface area contributed by atoms with E-state index in [-0.39, 0.29) is 5.91 Å². The molecule has 0 unspecified atom stereocenters. The van der Waals surface area contributed by atoms with Crippen LogP contribution in [-0.2, 0) is 14.3 Å². The minimum Gasteiger partial charge on any atom is -0.465 e. The number of carbonyl (C=O) groups is 2. The Morgan fingerprint density at radius 2 is 2.05 bits per heavy atom. The summed E-state index contributed by atoms with van der Waals surface area (Å²) < 4.78 is 4.83. The lowest BCUT2D eigenvalue weighted by molar-refractivity contribution is -0.136. The molecule has 1 aliphatic heterocycles. The molecule has 1 aromatic carbocycles. The van der Waals surface area contributed by atoms with Crippen LogP contribution in [0.15, 0.2) is 41.1 Å². The Morgan fingerprint density at radius 3 is 2.64 bits per heavy atom. The summed E-state index contributed by atoms with van der Waals surface area (Å²) in [6, 6.07) is 7.18. The van der Waals surface area contributed by atoms with Gasteiger partial charge in [0, 0.05) is 17.3 Å². The number of carbonyl (C=O) groups excluding carboxylic acids is 2. The summed E-state index contributed by atoms with van der Waals surface area (Å²) >= 11 is 6.14. The van der Waals surface area contributed by atoms with Crippen LogP contribution in [0.25, 0.3) is 6.08 Å². The Labute approximate surface area is 135 Å². The van der Waals surface area contributed by atoms with Gasteiger partial charge in [-0.2, -0.15) is 0 Å². The van der Waals surface area contributed by atoms with Gasteiger partial charge in [0.25, 0.3) is 5.91 Å². The minimum atomic E-state index is -0.511. The van der Waals surface area contributed by atoms with E-state index in [4.69, 9.17) is 16.3 Å². The van der Waals surface area contributed by atoms with Crippen molar-refractivity contribution in [2.24, 2.45) is 0 Å². The molecule has 0 atom stereocenters. The van der Waals surface area contributed by atoms with Crippen molar-refractivity contribution >= 4 is 29.6 Å². The fraction of sp³-hybridized carbons (Fsp3) is 0.294. The molecule has 1 aromatic rings. The molecule has 0 N–H and O–H groups in total. The average molecular weight is 320 g/mol. The van der Waals surface area contributed by atoms with Crippen molar-refractivity contribution < 1.29 is 14.3 Å². The van der Waals surface area contributed by atoms with Crippen LogP contribution in [0.5, 0.6) is 0 Å². The number of esters is 1. The third kappa shape index (κ3) is 2.92. The maximum atomic E-state index is 12.6. The highest BCUT2D eigenvalue weighted by atomic mass is 35.5. The van der Waals surface area contributed by atoms with E-state index >= 15 is 0 Å². The van der Waals surface area contributed by atoms with E-state index in [9.17, 15) is 9.59 Å². The van der Waals surface area contributed by atoms with Gasteiger partial charge in [-0.1, -0.05) is 36.7 Å². The van der Waals surface area contributed by atoms with E-state index in [2.05, 4.69) is 0 Å². The highest BCUT2D eigenvalue weighted by molar-refractivity contribution is 6.32. The predicted molar refractivity (Wildman–Crippen MR) is 86.1 cm³/mol. The first-order chi connectivity index (χ1) is 10.5. The highest BCUT2D eigenvalue weighted by Gasteiger charge is 2.36. The zero-order valence-corrected chi connectivity index (χ0v) is 13.6. The molecule has 0 radical (unpaired) electrons. The molecule has 0 saturated carbocycles. The molecule has 0 aromatic heterocycles. The lowest BCUT2D eigenvalue weighted by Gasteiger charge is -2.16. The van der Waals surface area contributed by atoms with E-state index < -0.39 is 5.97 Å². The Balaban J connectivity index is 2.55. The SMILES string of the molecule is CCCN1C(=O)/C(=C\c2ccccc2Cl)C(C(=O)OC)=C1C. The highest BCUT2D eigenvalue weighted by Crippen LogP contribution is 2.32. The van der Waals surface area contributed by atoms with E-state index in [1.54, 1.807) is 30.0 Å². The number of hydrogen-bond donors (Lipinski definition) is 0. The summed E-state index contributed by atoms with van der Waals surface area (Å²) in [5, 5.41) is 0.526. The summed E-state index contributed by atoms with van der Waals surface area (Å²) in [7, 11) is 1.31. The van der Waals surface area contributed by atoms with Gasteiger partial charge in [-0.05, 0) is 31.1 Å². The number of nitrogens with zero attached hydrogens (tertiary/aromatic N) is 1. The Morgan fingerprint density at radius 1 is 1.36 bits per heavy atom. The number of amides is 1. The number of ether oxygens (including phenoxy) is 1. The fourth-order valence-electron chi connectivity index (χ4n) is 2.47. The number of halogens is 1. The van der Waals surface area contributed by atoms with Gasteiger partial charge in [-0.25, -0.2) is 4.79 Å². The lowest BCUT2D eigenvalue weighted by atomic mass is 10.0. The lowest BCUT2D eigenvalue weighted by Crippen LogP contribution is -2.25. The van der Waals surface area contributed by atoms with Crippen LogP contribution < -0.4 is 0 Å². The van der Waals surface area contributed by atoms with Gasteiger partial charge in [0.2, 0.25) is 0 Å². The Bertz CT molecular complexity index is 676. The molecule has 22 heavy (non-hydrogen) atoms. The van der Waals surface area contributed by atoms with Crippen molar-refractivity contribution in [3.05, 3.63) is 51.7 Å². The maximum absolute atomic E-state index is 12.6. The summed E-state index contributed by atoms with van der Waals surface area (Å²) in [6.07, 6.45) is 2.45. The van der Waals surface area contributed by atoms with Crippen molar-refractivity contribution in [1.29, 1.82) is 0 Å². The molecule has 0 saturated heterocycles. The zero-order valence-electron chi connectivity index (χ0n) is 12.9. The van der Waals surface area contributed by atoms with E-state index in [1.807, 2.05) is 19.1 Å². The second-order valence-corrected chi connectivity index (χ2v) is 5.40. The largest absolute Gasteiger partial charge is 0.465 e. The van der Waals surface area contributed by atoms with Crippen LogP contribution in [0.1, 0.15) is 25.8 Å². The topological polar surface area (TPSA) is 46.6 Å². The molecular formula is C17H18ClNO3. The maximum Gasteiger partial charge on any atom is 0.340 e. The molecule has 0 bridgehead atoms. The van der Waals surface area contributed by atoms with E-state index in [0.717, 1.165) is 6.42 Å². The zero-order chi connectivity index (χ0) is 16.3. The molecule has 5 heteroatoms. The number of benzene rings is 1. The summed E-state index contributed by atoms with van der Waals surface area (Å²) in [4.78, 5) is 26.3. The Hall–Kier alpha value is -2.07. The number of methoxy groups -OCH3 is 1. The van der Waals surface area contributed by atoms with Gasteiger partial charge in [0.05, 0.1) is 18.3 Å². The van der Waals surface area contributed by atoms with Crippen molar-refractivity contribution in [2.75, 3.05) is 13.7 Å². The summed E-state index contributed by atoms with van der Waals surface area (Å²) in [5.74, 6) is -0.706. The third-order valence-corrected chi connectivity index (χ3v) is 3.90. The number of allylic oxidation sites excluding steroid dienone is 1. The van der Waals surface area contributed by atoms with Gasteiger partial charge in [0.15, 0.2) is 0 Å². The molecule has 4 nitrogen and oxygen atoms in total. The van der Waals surface area contributed by atoms with Gasteiger partial charge in [0.1, 0.15) is 0 Å². The second kappa shape index (κ2) is 6.79. The normalized spacial score (nSPS) is 16.6. The fourth-order valence-corrected chi connectivity index (χ4v) is 2.66. The monoisotopic (exact) mass is 319 g/mol. The van der Waals surface area contributed by atoms with E-state index in [0.29, 0.717) is 34.0 Å². The average Bonchev–Trinajstić information content (AvgIpc) is 2.74. The van der Waals surface area contributed by atoms with Gasteiger partial charge in [-0.15, -0.1) is 0 Å².